The lowest BCUT2D eigenvalue weighted by Crippen LogP contribution is -2.21. The molecule has 0 saturated heterocycles. The predicted octanol–water partition coefficient (Wildman–Crippen LogP) is 3.58. The number of nitrogens with one attached hydrogen (secondary N) is 1. The zero-order chi connectivity index (χ0) is 14.5. The van der Waals surface area contributed by atoms with Crippen LogP contribution in [0.25, 0.3) is 0 Å². The van der Waals surface area contributed by atoms with Crippen LogP contribution in [0, 0.1) is 13.8 Å². The molecular weight excluding hydrogens is 250 g/mol. The topological polar surface area (TPSA) is 49.3 Å². The Morgan fingerprint density at radius 2 is 1.85 bits per heavy atom. The highest BCUT2D eigenvalue weighted by Crippen LogP contribution is 2.20. The van der Waals surface area contributed by atoms with Crippen molar-refractivity contribution in [3.8, 4) is 0 Å². The zero-order valence-corrected chi connectivity index (χ0v) is 11.8. The fraction of sp³-hybridized carbons (Fsp3) is 0.235. The highest BCUT2D eigenvalue weighted by Gasteiger charge is 2.19. The Bertz CT molecular complexity index is 593. The third kappa shape index (κ3) is 3.38. The zero-order valence-electron chi connectivity index (χ0n) is 11.8. The molecular formula is C17H19NO2. The summed E-state index contributed by atoms with van der Waals surface area (Å²) in [5, 5.41) is 12.6. The van der Waals surface area contributed by atoms with E-state index >= 15 is 0 Å². The van der Waals surface area contributed by atoms with Crippen LogP contribution in [0.5, 0.6) is 0 Å². The van der Waals surface area contributed by atoms with Gasteiger partial charge >= 0.3 is 5.97 Å². The van der Waals surface area contributed by atoms with E-state index in [0.717, 1.165) is 16.8 Å². The Labute approximate surface area is 119 Å². The van der Waals surface area contributed by atoms with Crippen LogP contribution in [-0.2, 0) is 4.79 Å². The van der Waals surface area contributed by atoms with Crippen LogP contribution >= 0.6 is 0 Å². The van der Waals surface area contributed by atoms with Gasteiger partial charge in [0, 0.05) is 12.2 Å². The van der Waals surface area contributed by atoms with E-state index in [-0.39, 0.29) is 0 Å². The second kappa shape index (κ2) is 6.24. The monoisotopic (exact) mass is 269 g/mol. The number of benzene rings is 2. The molecule has 0 amide bonds. The maximum Gasteiger partial charge on any atom is 0.312 e. The van der Waals surface area contributed by atoms with Crippen LogP contribution in [0.3, 0.4) is 0 Å². The molecule has 0 aliphatic rings. The second-order valence-electron chi connectivity index (χ2n) is 5.00. The van der Waals surface area contributed by atoms with Gasteiger partial charge in [0.25, 0.3) is 0 Å². The molecule has 0 spiro atoms. The number of aliphatic carboxylic acids is 1. The minimum absolute atomic E-state index is 0.378. The molecule has 0 radical (unpaired) electrons. The van der Waals surface area contributed by atoms with Gasteiger partial charge in [-0.15, -0.1) is 0 Å². The lowest BCUT2D eigenvalue weighted by Gasteiger charge is -2.16. The number of carboxylic acid groups (broad SMARTS) is 1. The smallest absolute Gasteiger partial charge is 0.312 e. The Morgan fingerprint density at radius 3 is 2.45 bits per heavy atom. The number of aryl methyl sites for hydroxylation is 2. The first-order valence-electron chi connectivity index (χ1n) is 6.67. The first-order chi connectivity index (χ1) is 9.58. The number of anilines is 1. The minimum atomic E-state index is -0.812. The molecule has 0 bridgehead atoms. The van der Waals surface area contributed by atoms with Crippen molar-refractivity contribution in [2.24, 2.45) is 0 Å². The van der Waals surface area contributed by atoms with E-state index in [2.05, 4.69) is 11.4 Å². The molecule has 3 nitrogen and oxygen atoms in total. The van der Waals surface area contributed by atoms with Gasteiger partial charge in [-0.2, -0.15) is 0 Å². The first kappa shape index (κ1) is 14.1. The summed E-state index contributed by atoms with van der Waals surface area (Å²) in [6, 6.07) is 15.4. The minimum Gasteiger partial charge on any atom is -0.481 e. The molecule has 0 aromatic heterocycles. The summed E-state index contributed by atoms with van der Waals surface area (Å²) in [6.07, 6.45) is 0. The van der Waals surface area contributed by atoms with Crippen molar-refractivity contribution < 1.29 is 9.90 Å². The number of carboxylic acids is 1. The molecule has 1 unspecified atom stereocenters. The van der Waals surface area contributed by atoms with Crippen molar-refractivity contribution in [1.82, 2.24) is 0 Å². The predicted molar refractivity (Wildman–Crippen MR) is 81.2 cm³/mol. The van der Waals surface area contributed by atoms with Crippen molar-refractivity contribution in [3.63, 3.8) is 0 Å². The highest BCUT2D eigenvalue weighted by molar-refractivity contribution is 5.77. The molecule has 0 fully saturated rings. The van der Waals surface area contributed by atoms with Crippen LogP contribution in [0.15, 0.2) is 48.5 Å². The summed E-state index contributed by atoms with van der Waals surface area (Å²) >= 11 is 0. The Kier molecular flexibility index (Phi) is 4.41. The molecule has 2 rings (SSSR count). The van der Waals surface area contributed by atoms with Crippen LogP contribution in [0.2, 0.25) is 0 Å². The summed E-state index contributed by atoms with van der Waals surface area (Å²) in [5.74, 6) is -1.36. The quantitative estimate of drug-likeness (QED) is 0.872. The molecule has 1 atom stereocenters. The van der Waals surface area contributed by atoms with Crippen molar-refractivity contribution in [1.29, 1.82) is 0 Å². The highest BCUT2D eigenvalue weighted by atomic mass is 16.4. The molecule has 0 aliphatic carbocycles. The van der Waals surface area contributed by atoms with E-state index in [9.17, 15) is 9.90 Å². The Balaban J connectivity index is 2.12. The number of carbonyl (C=O) groups is 1. The molecule has 2 aromatic rings. The van der Waals surface area contributed by atoms with Gasteiger partial charge in [-0.3, -0.25) is 4.79 Å². The SMILES string of the molecule is Cc1ccc(NCC(C(=O)O)c2ccccc2)c(C)c1. The van der Waals surface area contributed by atoms with Crippen LogP contribution in [0.4, 0.5) is 5.69 Å². The standard InChI is InChI=1S/C17H19NO2/c1-12-8-9-16(13(2)10-12)18-11-15(17(19)20)14-6-4-3-5-7-14/h3-10,15,18H,11H2,1-2H3,(H,19,20). The Morgan fingerprint density at radius 1 is 1.15 bits per heavy atom. The molecule has 2 N–H and O–H groups in total. The van der Waals surface area contributed by atoms with Gasteiger partial charge in [0.2, 0.25) is 0 Å². The third-order valence-electron chi connectivity index (χ3n) is 3.38. The van der Waals surface area contributed by atoms with Gasteiger partial charge < -0.3 is 10.4 Å². The molecule has 20 heavy (non-hydrogen) atoms. The summed E-state index contributed by atoms with van der Waals surface area (Å²) < 4.78 is 0. The summed E-state index contributed by atoms with van der Waals surface area (Å²) in [5.41, 5.74) is 4.13. The lowest BCUT2D eigenvalue weighted by molar-refractivity contribution is -0.138. The molecule has 3 heteroatoms. The maximum absolute atomic E-state index is 11.4. The number of hydrogen-bond donors (Lipinski definition) is 2. The molecule has 2 aromatic carbocycles. The van der Waals surface area contributed by atoms with Gasteiger partial charge in [-0.05, 0) is 31.0 Å². The second-order valence-corrected chi connectivity index (χ2v) is 5.00. The maximum atomic E-state index is 11.4. The van der Waals surface area contributed by atoms with E-state index in [1.165, 1.54) is 5.56 Å². The lowest BCUT2D eigenvalue weighted by atomic mass is 9.99. The third-order valence-corrected chi connectivity index (χ3v) is 3.38. The van der Waals surface area contributed by atoms with E-state index in [1.54, 1.807) is 0 Å². The van der Waals surface area contributed by atoms with Gasteiger partial charge in [0.05, 0.1) is 5.92 Å². The molecule has 0 heterocycles. The summed E-state index contributed by atoms with van der Waals surface area (Å²) in [7, 11) is 0. The van der Waals surface area contributed by atoms with Crippen LogP contribution < -0.4 is 5.32 Å². The molecule has 0 saturated carbocycles. The number of hydrogen-bond acceptors (Lipinski definition) is 2. The van der Waals surface area contributed by atoms with E-state index in [4.69, 9.17) is 0 Å². The molecule has 0 aliphatic heterocycles. The van der Waals surface area contributed by atoms with E-state index in [1.807, 2.05) is 56.3 Å². The van der Waals surface area contributed by atoms with Gasteiger partial charge in [0.15, 0.2) is 0 Å². The van der Waals surface area contributed by atoms with E-state index in [0.29, 0.717) is 6.54 Å². The first-order valence-corrected chi connectivity index (χ1v) is 6.67. The van der Waals surface area contributed by atoms with Crippen LogP contribution in [0.1, 0.15) is 22.6 Å². The average molecular weight is 269 g/mol. The fourth-order valence-electron chi connectivity index (χ4n) is 2.26. The van der Waals surface area contributed by atoms with Crippen molar-refractivity contribution in [2.75, 3.05) is 11.9 Å². The normalized spacial score (nSPS) is 11.9. The van der Waals surface area contributed by atoms with E-state index < -0.39 is 11.9 Å². The average Bonchev–Trinajstić information content (AvgIpc) is 2.42. The van der Waals surface area contributed by atoms with Gasteiger partial charge in [-0.1, -0.05) is 48.0 Å². The van der Waals surface area contributed by atoms with Gasteiger partial charge in [-0.25, -0.2) is 0 Å². The van der Waals surface area contributed by atoms with Crippen molar-refractivity contribution in [3.05, 3.63) is 65.2 Å². The molecule has 104 valence electrons. The summed E-state index contributed by atoms with van der Waals surface area (Å²) in [6.45, 7) is 4.44. The van der Waals surface area contributed by atoms with Crippen molar-refractivity contribution >= 4 is 11.7 Å². The largest absolute Gasteiger partial charge is 0.481 e. The number of rotatable bonds is 5. The van der Waals surface area contributed by atoms with Gasteiger partial charge in [0.1, 0.15) is 0 Å². The fourth-order valence-corrected chi connectivity index (χ4v) is 2.26. The Hall–Kier alpha value is -2.29. The summed E-state index contributed by atoms with van der Waals surface area (Å²) in [4.78, 5) is 11.4. The van der Waals surface area contributed by atoms with Crippen LogP contribution in [-0.4, -0.2) is 17.6 Å². The van der Waals surface area contributed by atoms with Crippen molar-refractivity contribution in [2.45, 2.75) is 19.8 Å².